The fraction of sp³-hybridized carbons (Fsp3) is 0.385. The Morgan fingerprint density at radius 1 is 1.39 bits per heavy atom. The summed E-state index contributed by atoms with van der Waals surface area (Å²) in [7, 11) is 0. The molecule has 1 aromatic carbocycles. The molecule has 18 heavy (non-hydrogen) atoms. The number of amides is 1. The smallest absolute Gasteiger partial charge is 0.433 e. The van der Waals surface area contributed by atoms with E-state index in [4.69, 9.17) is 0 Å². The molecule has 5 heteroatoms. The Bertz CT molecular complexity index is 534. The van der Waals surface area contributed by atoms with E-state index >= 15 is 0 Å². The van der Waals surface area contributed by atoms with Crippen LogP contribution in [0.5, 0.6) is 0 Å². The van der Waals surface area contributed by atoms with E-state index in [1.807, 2.05) is 45.0 Å². The monoisotopic (exact) mass is 311 g/mol. The standard InChI is InChI=1S/C13H15BrN2O2/c1-13(2,3)16(12(17)18)11-7-5-4-6-9(11)10(8-14)15-16/h4-7H,8H2,1-3H3/p+1. The molecule has 0 fully saturated rings. The number of halogens is 1. The Morgan fingerprint density at radius 2 is 2.00 bits per heavy atom. The maximum atomic E-state index is 11.8. The van der Waals surface area contributed by atoms with Gasteiger partial charge in [-0.25, -0.2) is 0 Å². The molecule has 0 aliphatic carbocycles. The van der Waals surface area contributed by atoms with Crippen LogP contribution in [0.3, 0.4) is 0 Å². The van der Waals surface area contributed by atoms with Gasteiger partial charge < -0.3 is 5.11 Å². The molecule has 2 rings (SSSR count). The highest BCUT2D eigenvalue weighted by atomic mass is 79.9. The first-order chi connectivity index (χ1) is 8.34. The van der Waals surface area contributed by atoms with Crippen LogP contribution >= 0.6 is 15.9 Å². The summed E-state index contributed by atoms with van der Waals surface area (Å²) in [6, 6.07) is 7.52. The molecule has 0 saturated carbocycles. The zero-order chi connectivity index (χ0) is 13.6. The number of rotatable bonds is 1. The number of nitrogens with zero attached hydrogens (tertiary/aromatic N) is 2. The van der Waals surface area contributed by atoms with E-state index in [0.29, 0.717) is 5.33 Å². The number of carboxylic acid groups (broad SMARTS) is 1. The van der Waals surface area contributed by atoms with Crippen LogP contribution in [-0.4, -0.2) is 27.8 Å². The van der Waals surface area contributed by atoms with Crippen molar-refractivity contribution in [1.82, 2.24) is 4.59 Å². The van der Waals surface area contributed by atoms with E-state index in [2.05, 4.69) is 21.0 Å². The van der Waals surface area contributed by atoms with Gasteiger partial charge in [0.05, 0.1) is 10.9 Å². The Morgan fingerprint density at radius 3 is 2.50 bits per heavy atom. The minimum Gasteiger partial charge on any atom is -0.433 e. The van der Waals surface area contributed by atoms with Crippen LogP contribution < -0.4 is 4.59 Å². The van der Waals surface area contributed by atoms with Crippen LogP contribution in [0.25, 0.3) is 0 Å². The fourth-order valence-electron chi connectivity index (χ4n) is 2.33. The van der Waals surface area contributed by atoms with E-state index in [1.165, 1.54) is 0 Å². The van der Waals surface area contributed by atoms with Gasteiger partial charge in [-0.05, 0) is 26.8 Å². The van der Waals surface area contributed by atoms with Gasteiger partial charge in [0, 0.05) is 6.07 Å². The van der Waals surface area contributed by atoms with Crippen molar-refractivity contribution in [3.8, 4) is 0 Å². The van der Waals surface area contributed by atoms with E-state index in [0.717, 1.165) is 17.0 Å². The molecule has 1 heterocycles. The summed E-state index contributed by atoms with van der Waals surface area (Å²) in [6.45, 7) is 5.66. The highest BCUT2D eigenvalue weighted by molar-refractivity contribution is 9.09. The van der Waals surface area contributed by atoms with Crippen molar-refractivity contribution in [3.05, 3.63) is 29.8 Å². The van der Waals surface area contributed by atoms with Crippen LogP contribution in [0.1, 0.15) is 26.3 Å². The van der Waals surface area contributed by atoms with Crippen molar-refractivity contribution in [2.45, 2.75) is 26.3 Å². The molecule has 0 bridgehead atoms. The second kappa shape index (κ2) is 4.17. The van der Waals surface area contributed by atoms with Gasteiger partial charge in [-0.2, -0.15) is 4.79 Å². The third kappa shape index (κ3) is 1.61. The molecule has 0 saturated heterocycles. The molecule has 1 aliphatic rings. The number of hydrogen-bond donors (Lipinski definition) is 1. The number of fused-ring (bicyclic) bond motifs is 1. The summed E-state index contributed by atoms with van der Waals surface area (Å²) in [6.07, 6.45) is -0.953. The molecule has 1 N–H and O–H groups in total. The topological polar surface area (TPSA) is 49.7 Å². The second-order valence-corrected chi connectivity index (χ2v) is 5.85. The molecule has 1 unspecified atom stereocenters. The maximum absolute atomic E-state index is 11.8. The van der Waals surface area contributed by atoms with Gasteiger partial charge in [-0.15, -0.1) is 0 Å². The van der Waals surface area contributed by atoms with Gasteiger partial charge in [0.25, 0.3) is 0 Å². The van der Waals surface area contributed by atoms with Crippen LogP contribution in [0.15, 0.2) is 29.4 Å². The van der Waals surface area contributed by atoms with E-state index < -0.39 is 16.2 Å². The second-order valence-electron chi connectivity index (χ2n) is 5.29. The number of hydrogen-bond acceptors (Lipinski definition) is 2. The van der Waals surface area contributed by atoms with Crippen molar-refractivity contribution in [2.24, 2.45) is 5.10 Å². The molecule has 0 aromatic heterocycles. The minimum absolute atomic E-state index is 0.399. The lowest BCUT2D eigenvalue weighted by Crippen LogP contribution is -2.60. The summed E-state index contributed by atoms with van der Waals surface area (Å²) in [4.78, 5) is 11.8. The average Bonchev–Trinajstić information content (AvgIpc) is 2.64. The normalized spacial score (nSPS) is 22.6. The van der Waals surface area contributed by atoms with Crippen molar-refractivity contribution in [3.63, 3.8) is 0 Å². The predicted molar refractivity (Wildman–Crippen MR) is 76.3 cm³/mol. The van der Waals surface area contributed by atoms with Crippen molar-refractivity contribution in [1.29, 1.82) is 0 Å². The Hall–Kier alpha value is -1.20. The molecule has 0 spiro atoms. The molecule has 1 amide bonds. The Labute approximate surface area is 115 Å². The van der Waals surface area contributed by atoms with Gasteiger partial charge in [-0.1, -0.05) is 37.8 Å². The van der Waals surface area contributed by atoms with Crippen LogP contribution in [0.4, 0.5) is 10.5 Å². The van der Waals surface area contributed by atoms with Gasteiger partial charge in [0.1, 0.15) is 11.3 Å². The fourth-order valence-corrected chi connectivity index (χ4v) is 2.75. The largest absolute Gasteiger partial charge is 0.546 e. The molecule has 1 atom stereocenters. The third-order valence-corrected chi connectivity index (χ3v) is 3.74. The summed E-state index contributed by atoms with van der Waals surface area (Å²) in [5.41, 5.74) is 1.87. The first kappa shape index (κ1) is 13.2. The summed E-state index contributed by atoms with van der Waals surface area (Å²) < 4.78 is -0.399. The van der Waals surface area contributed by atoms with Crippen molar-refractivity contribution >= 4 is 33.4 Å². The van der Waals surface area contributed by atoms with E-state index in [9.17, 15) is 9.90 Å². The Kier molecular flexibility index (Phi) is 3.07. The Balaban J connectivity index is 2.78. The first-order valence-corrected chi connectivity index (χ1v) is 6.84. The first-order valence-electron chi connectivity index (χ1n) is 5.72. The lowest BCUT2D eigenvalue weighted by Gasteiger charge is -2.35. The molecule has 0 radical (unpaired) electrons. The quantitative estimate of drug-likeness (QED) is 0.636. The van der Waals surface area contributed by atoms with Gasteiger partial charge >= 0.3 is 6.09 Å². The van der Waals surface area contributed by atoms with Crippen LogP contribution in [-0.2, 0) is 0 Å². The highest BCUT2D eigenvalue weighted by Crippen LogP contribution is 2.42. The van der Waals surface area contributed by atoms with Crippen molar-refractivity contribution < 1.29 is 9.90 Å². The number of quaternary nitrogens is 1. The van der Waals surface area contributed by atoms with E-state index in [1.54, 1.807) is 0 Å². The zero-order valence-corrected chi connectivity index (χ0v) is 12.2. The zero-order valence-electron chi connectivity index (χ0n) is 10.6. The average molecular weight is 312 g/mol. The summed E-state index contributed by atoms with van der Waals surface area (Å²) in [5, 5.41) is 14.7. The number of alkyl halides is 1. The molecular weight excluding hydrogens is 296 g/mol. The molecule has 1 aliphatic heterocycles. The molecule has 1 aromatic rings. The third-order valence-electron chi connectivity index (χ3n) is 3.21. The number of carbonyl (C=O) groups is 1. The van der Waals surface area contributed by atoms with Gasteiger partial charge in [0.15, 0.2) is 5.69 Å². The lowest BCUT2D eigenvalue weighted by molar-refractivity contribution is 0.107. The minimum atomic E-state index is -0.953. The maximum Gasteiger partial charge on any atom is 0.546 e. The molecule has 96 valence electrons. The predicted octanol–water partition coefficient (Wildman–Crippen LogP) is 3.58. The summed E-state index contributed by atoms with van der Waals surface area (Å²) in [5.74, 6) is 0. The summed E-state index contributed by atoms with van der Waals surface area (Å²) >= 11 is 3.38. The van der Waals surface area contributed by atoms with Gasteiger partial charge in [-0.3, -0.25) is 0 Å². The van der Waals surface area contributed by atoms with Crippen molar-refractivity contribution in [2.75, 3.05) is 5.33 Å². The van der Waals surface area contributed by atoms with Gasteiger partial charge in [0.2, 0.25) is 0 Å². The van der Waals surface area contributed by atoms with Crippen LogP contribution in [0.2, 0.25) is 0 Å². The highest BCUT2D eigenvalue weighted by Gasteiger charge is 2.56. The number of para-hydroxylation sites is 1. The number of benzene rings is 1. The van der Waals surface area contributed by atoms with E-state index in [-0.39, 0.29) is 0 Å². The SMILES string of the molecule is CC(C)(C)[N+]1(C(=O)O)N=C(CBr)c2ccccc21. The lowest BCUT2D eigenvalue weighted by atomic mass is 10.0. The molecular formula is C13H16BrN2O2+. The molecule has 4 nitrogen and oxygen atoms in total. The van der Waals surface area contributed by atoms with Crippen LogP contribution in [0, 0.1) is 0 Å².